The van der Waals surface area contributed by atoms with Crippen LogP contribution in [-0.2, 0) is 14.8 Å². The quantitative estimate of drug-likeness (QED) is 0.594. The van der Waals surface area contributed by atoms with Crippen molar-refractivity contribution in [1.29, 1.82) is 0 Å². The number of anilines is 1. The van der Waals surface area contributed by atoms with Crippen molar-refractivity contribution in [3.63, 3.8) is 0 Å². The van der Waals surface area contributed by atoms with Crippen LogP contribution in [0.2, 0.25) is 5.02 Å². The molecule has 0 bridgehead atoms. The Kier molecular flexibility index (Phi) is 4.90. The van der Waals surface area contributed by atoms with E-state index >= 15 is 0 Å². The number of hydrogen-bond acceptors (Lipinski definition) is 4. The van der Waals surface area contributed by atoms with Crippen molar-refractivity contribution in [1.82, 2.24) is 4.72 Å². The van der Waals surface area contributed by atoms with Crippen molar-refractivity contribution >= 4 is 27.3 Å². The number of nitrogens with one attached hydrogen (secondary N) is 1. The van der Waals surface area contributed by atoms with E-state index in [1.54, 1.807) is 13.0 Å². The fraction of sp³-hybridized carbons (Fsp3) is 0.538. The van der Waals surface area contributed by atoms with E-state index in [0.29, 0.717) is 29.7 Å². The Morgan fingerprint density at radius 3 is 2.80 bits per heavy atom. The highest BCUT2D eigenvalue weighted by molar-refractivity contribution is 7.89. The molecule has 0 atom stereocenters. The van der Waals surface area contributed by atoms with Gasteiger partial charge in [-0.1, -0.05) is 11.6 Å². The van der Waals surface area contributed by atoms with Crippen LogP contribution in [0.4, 0.5) is 5.69 Å². The number of ether oxygens (including phenoxy) is 1. The zero-order valence-electron chi connectivity index (χ0n) is 11.4. The van der Waals surface area contributed by atoms with E-state index in [-0.39, 0.29) is 17.1 Å². The molecule has 5 nitrogen and oxygen atoms in total. The third kappa shape index (κ3) is 4.09. The summed E-state index contributed by atoms with van der Waals surface area (Å²) in [6, 6.07) is 2.93. The molecule has 0 saturated heterocycles. The van der Waals surface area contributed by atoms with Crippen molar-refractivity contribution < 1.29 is 13.2 Å². The van der Waals surface area contributed by atoms with E-state index < -0.39 is 10.0 Å². The van der Waals surface area contributed by atoms with Gasteiger partial charge in [0.25, 0.3) is 0 Å². The van der Waals surface area contributed by atoms with E-state index in [2.05, 4.69) is 4.72 Å². The molecule has 0 aliphatic heterocycles. The van der Waals surface area contributed by atoms with Gasteiger partial charge in [0, 0.05) is 13.2 Å². The molecule has 0 amide bonds. The van der Waals surface area contributed by atoms with E-state index in [0.717, 1.165) is 0 Å². The van der Waals surface area contributed by atoms with Crippen molar-refractivity contribution in [3.8, 4) is 0 Å². The van der Waals surface area contributed by atoms with Gasteiger partial charge in [-0.05, 0) is 43.4 Å². The van der Waals surface area contributed by atoms with Gasteiger partial charge in [-0.3, -0.25) is 0 Å². The van der Waals surface area contributed by atoms with E-state index in [9.17, 15) is 8.42 Å². The van der Waals surface area contributed by atoms with E-state index in [1.807, 2.05) is 0 Å². The van der Waals surface area contributed by atoms with Gasteiger partial charge >= 0.3 is 0 Å². The van der Waals surface area contributed by atoms with Gasteiger partial charge in [0.1, 0.15) is 0 Å². The van der Waals surface area contributed by atoms with Crippen LogP contribution in [0, 0.1) is 12.8 Å². The minimum Gasteiger partial charge on any atom is -0.397 e. The Morgan fingerprint density at radius 1 is 1.45 bits per heavy atom. The molecule has 0 aromatic heterocycles. The number of nitrogen functional groups attached to an aromatic ring is 1. The third-order valence-corrected chi connectivity index (χ3v) is 5.10. The molecule has 1 aliphatic rings. The Morgan fingerprint density at radius 2 is 2.15 bits per heavy atom. The monoisotopic (exact) mass is 318 g/mol. The molecule has 1 fully saturated rings. The van der Waals surface area contributed by atoms with Gasteiger partial charge in [-0.15, -0.1) is 0 Å². The summed E-state index contributed by atoms with van der Waals surface area (Å²) >= 11 is 5.86. The molecule has 1 aromatic rings. The van der Waals surface area contributed by atoms with Crippen molar-refractivity contribution in [2.24, 2.45) is 5.92 Å². The number of benzene rings is 1. The fourth-order valence-electron chi connectivity index (χ4n) is 1.82. The smallest absolute Gasteiger partial charge is 0.240 e. The van der Waals surface area contributed by atoms with Crippen LogP contribution in [0.15, 0.2) is 17.0 Å². The van der Waals surface area contributed by atoms with Crippen LogP contribution in [0.25, 0.3) is 0 Å². The summed E-state index contributed by atoms with van der Waals surface area (Å²) in [4.78, 5) is 0.154. The van der Waals surface area contributed by atoms with Crippen molar-refractivity contribution in [2.45, 2.75) is 24.7 Å². The zero-order chi connectivity index (χ0) is 14.8. The maximum Gasteiger partial charge on any atom is 0.240 e. The Balaban J connectivity index is 1.93. The summed E-state index contributed by atoms with van der Waals surface area (Å²) in [5.41, 5.74) is 6.47. The number of sulfonamides is 1. The van der Waals surface area contributed by atoms with Gasteiger partial charge in [-0.25, -0.2) is 13.1 Å². The Bertz CT molecular complexity index is 586. The highest BCUT2D eigenvalue weighted by atomic mass is 35.5. The zero-order valence-corrected chi connectivity index (χ0v) is 12.9. The minimum absolute atomic E-state index is 0.154. The topological polar surface area (TPSA) is 81.4 Å². The van der Waals surface area contributed by atoms with Gasteiger partial charge < -0.3 is 10.5 Å². The predicted octanol–water partition coefficient (Wildman–Crippen LogP) is 1.94. The van der Waals surface area contributed by atoms with Crippen LogP contribution in [0.3, 0.4) is 0 Å². The summed E-state index contributed by atoms with van der Waals surface area (Å²) in [6.45, 7) is 3.02. The first kappa shape index (κ1) is 15.6. The first-order valence-corrected chi connectivity index (χ1v) is 8.39. The van der Waals surface area contributed by atoms with Gasteiger partial charge in [-0.2, -0.15) is 0 Å². The lowest BCUT2D eigenvalue weighted by atomic mass is 10.2. The molecule has 1 aliphatic carbocycles. The molecule has 7 heteroatoms. The maximum absolute atomic E-state index is 12.2. The van der Waals surface area contributed by atoms with Crippen LogP contribution < -0.4 is 10.5 Å². The highest BCUT2D eigenvalue weighted by Gasteiger charge is 2.21. The fourth-order valence-corrected chi connectivity index (χ4v) is 3.31. The molecule has 3 N–H and O–H groups in total. The molecule has 1 aromatic carbocycles. The minimum atomic E-state index is -3.58. The Hall–Kier alpha value is -0.820. The Labute approximate surface area is 124 Å². The number of hydrogen-bond donors (Lipinski definition) is 2. The SMILES string of the molecule is Cc1cc(Cl)c(N)cc1S(=O)(=O)NCCOCC1CC1. The number of halogens is 1. The maximum atomic E-state index is 12.2. The summed E-state index contributed by atoms with van der Waals surface area (Å²) in [5, 5.41) is 0.356. The van der Waals surface area contributed by atoms with Gasteiger partial charge in [0.05, 0.1) is 22.2 Å². The number of aryl methyl sites for hydroxylation is 1. The lowest BCUT2D eigenvalue weighted by Gasteiger charge is -2.11. The molecule has 0 heterocycles. The summed E-state index contributed by atoms with van der Waals surface area (Å²) < 4.78 is 32.2. The number of rotatable bonds is 7. The summed E-state index contributed by atoms with van der Waals surface area (Å²) in [6.07, 6.45) is 2.43. The lowest BCUT2D eigenvalue weighted by molar-refractivity contribution is 0.129. The van der Waals surface area contributed by atoms with Crippen molar-refractivity contribution in [3.05, 3.63) is 22.7 Å². The van der Waals surface area contributed by atoms with E-state index in [1.165, 1.54) is 18.9 Å². The molecule has 2 rings (SSSR count). The lowest BCUT2D eigenvalue weighted by Crippen LogP contribution is -2.28. The average molecular weight is 319 g/mol. The molecule has 0 unspecified atom stereocenters. The van der Waals surface area contributed by atoms with Crippen LogP contribution in [0.1, 0.15) is 18.4 Å². The van der Waals surface area contributed by atoms with Gasteiger partial charge in [0.2, 0.25) is 10.0 Å². The van der Waals surface area contributed by atoms with E-state index in [4.69, 9.17) is 22.1 Å². The normalized spacial score (nSPS) is 15.5. The van der Waals surface area contributed by atoms with Crippen LogP contribution in [-0.4, -0.2) is 28.2 Å². The van der Waals surface area contributed by atoms with Crippen molar-refractivity contribution in [2.75, 3.05) is 25.5 Å². The van der Waals surface area contributed by atoms with Crippen LogP contribution in [0.5, 0.6) is 0 Å². The molecule has 1 saturated carbocycles. The second-order valence-electron chi connectivity index (χ2n) is 5.06. The predicted molar refractivity (Wildman–Crippen MR) is 79.3 cm³/mol. The first-order chi connectivity index (χ1) is 9.40. The second-order valence-corrected chi connectivity index (χ2v) is 7.20. The second kappa shape index (κ2) is 6.30. The first-order valence-electron chi connectivity index (χ1n) is 6.53. The largest absolute Gasteiger partial charge is 0.397 e. The molecule has 112 valence electrons. The summed E-state index contributed by atoms with van der Waals surface area (Å²) in [5.74, 6) is 0.671. The summed E-state index contributed by atoms with van der Waals surface area (Å²) in [7, 11) is -3.58. The third-order valence-electron chi connectivity index (χ3n) is 3.17. The molecular formula is C13H19ClN2O3S. The standard InChI is InChI=1S/C13H19ClN2O3S/c1-9-6-11(14)12(15)7-13(9)20(17,18)16-4-5-19-8-10-2-3-10/h6-7,10,16H,2-5,8,15H2,1H3. The molecule has 20 heavy (non-hydrogen) atoms. The average Bonchev–Trinajstić information content (AvgIpc) is 3.17. The molecular weight excluding hydrogens is 300 g/mol. The van der Waals surface area contributed by atoms with Gasteiger partial charge in [0.15, 0.2) is 0 Å². The molecule has 0 radical (unpaired) electrons. The van der Waals surface area contributed by atoms with Crippen LogP contribution >= 0.6 is 11.6 Å². The molecule has 0 spiro atoms. The number of nitrogens with two attached hydrogens (primary N) is 1. The highest BCUT2D eigenvalue weighted by Crippen LogP contribution is 2.28.